The van der Waals surface area contributed by atoms with Crippen molar-refractivity contribution in [1.82, 2.24) is 0 Å². The molecular formula is C7H14ClNO2. The van der Waals surface area contributed by atoms with Crippen LogP contribution in [0.2, 0.25) is 0 Å². The van der Waals surface area contributed by atoms with Crippen LogP contribution in [0.1, 0.15) is 19.8 Å². The molecular weight excluding hydrogens is 166 g/mol. The molecule has 0 aliphatic heterocycles. The minimum atomic E-state index is -0.219. The van der Waals surface area contributed by atoms with Gasteiger partial charge in [0.05, 0.1) is 5.88 Å². The molecule has 0 aliphatic carbocycles. The van der Waals surface area contributed by atoms with E-state index in [0.717, 1.165) is 0 Å². The highest BCUT2D eigenvalue weighted by Gasteiger charge is 2.03. The second-order valence-corrected chi connectivity index (χ2v) is 2.80. The Bertz CT molecular complexity index is 117. The molecule has 0 rings (SSSR count). The van der Waals surface area contributed by atoms with E-state index in [1.54, 1.807) is 0 Å². The van der Waals surface area contributed by atoms with E-state index < -0.39 is 0 Å². The number of ether oxygens (including phenoxy) is 1. The van der Waals surface area contributed by atoms with Gasteiger partial charge in [0.1, 0.15) is 6.61 Å². The highest BCUT2D eigenvalue weighted by atomic mass is 35.5. The van der Waals surface area contributed by atoms with E-state index in [1.807, 2.05) is 6.92 Å². The van der Waals surface area contributed by atoms with Gasteiger partial charge in [-0.25, -0.2) is 0 Å². The second kappa shape index (κ2) is 6.43. The molecule has 0 unspecified atom stereocenters. The Balaban J connectivity index is 3.23. The van der Waals surface area contributed by atoms with Gasteiger partial charge < -0.3 is 10.5 Å². The van der Waals surface area contributed by atoms with Gasteiger partial charge in [0.25, 0.3) is 0 Å². The maximum Gasteiger partial charge on any atom is 0.305 e. The Morgan fingerprint density at radius 2 is 2.36 bits per heavy atom. The molecule has 66 valence electrons. The minimum absolute atomic E-state index is 0.0542. The van der Waals surface area contributed by atoms with Crippen LogP contribution in [0.4, 0.5) is 0 Å². The zero-order chi connectivity index (χ0) is 8.69. The van der Waals surface area contributed by atoms with Crippen LogP contribution in [-0.2, 0) is 9.53 Å². The summed E-state index contributed by atoms with van der Waals surface area (Å²) in [5.74, 6) is 0.132. The average Bonchev–Trinajstić information content (AvgIpc) is 1.97. The molecule has 1 atom stereocenters. The summed E-state index contributed by atoms with van der Waals surface area (Å²) in [5.41, 5.74) is 5.44. The van der Waals surface area contributed by atoms with Crippen molar-refractivity contribution in [3.05, 3.63) is 0 Å². The Morgan fingerprint density at radius 1 is 1.73 bits per heavy atom. The van der Waals surface area contributed by atoms with Crippen LogP contribution in [0.5, 0.6) is 0 Å². The van der Waals surface area contributed by atoms with Gasteiger partial charge >= 0.3 is 5.97 Å². The number of carbonyl (C=O) groups is 1. The first-order chi connectivity index (χ1) is 5.16. The number of nitrogens with two attached hydrogens (primary N) is 1. The average molecular weight is 180 g/mol. The molecule has 0 bridgehead atoms. The molecule has 0 aliphatic rings. The van der Waals surface area contributed by atoms with Gasteiger partial charge in [-0.05, 0) is 13.3 Å². The van der Waals surface area contributed by atoms with Crippen molar-refractivity contribution >= 4 is 17.6 Å². The zero-order valence-electron chi connectivity index (χ0n) is 6.68. The molecule has 0 saturated carbocycles. The molecule has 0 aromatic heterocycles. The smallest absolute Gasteiger partial charge is 0.305 e. The molecule has 0 fully saturated rings. The van der Waals surface area contributed by atoms with E-state index in [-0.39, 0.29) is 12.0 Å². The monoisotopic (exact) mass is 179 g/mol. The molecule has 0 heterocycles. The van der Waals surface area contributed by atoms with E-state index in [1.165, 1.54) is 0 Å². The molecule has 2 N–H and O–H groups in total. The van der Waals surface area contributed by atoms with Gasteiger partial charge in [-0.3, -0.25) is 4.79 Å². The lowest BCUT2D eigenvalue weighted by molar-refractivity contribution is -0.143. The second-order valence-electron chi connectivity index (χ2n) is 2.43. The molecule has 0 amide bonds. The third-order valence-electron chi connectivity index (χ3n) is 1.14. The van der Waals surface area contributed by atoms with Crippen LogP contribution in [0.15, 0.2) is 0 Å². The summed E-state index contributed by atoms with van der Waals surface area (Å²) in [6.45, 7) is 2.15. The number of rotatable bonds is 5. The first-order valence-electron chi connectivity index (χ1n) is 3.64. The van der Waals surface area contributed by atoms with Crippen LogP contribution in [0.3, 0.4) is 0 Å². The van der Waals surface area contributed by atoms with Gasteiger partial charge in [0.15, 0.2) is 0 Å². The van der Waals surface area contributed by atoms with Crippen molar-refractivity contribution in [2.75, 3.05) is 12.5 Å². The number of hydrogen-bond acceptors (Lipinski definition) is 3. The lowest BCUT2D eigenvalue weighted by atomic mass is 10.2. The summed E-state index contributed by atoms with van der Waals surface area (Å²) in [6, 6.07) is 0.0542. The number of hydrogen-bond donors (Lipinski definition) is 1. The first kappa shape index (κ1) is 10.7. The molecule has 0 radical (unpaired) electrons. The van der Waals surface area contributed by atoms with Crippen molar-refractivity contribution in [3.63, 3.8) is 0 Å². The van der Waals surface area contributed by atoms with E-state index >= 15 is 0 Å². The molecule has 0 saturated heterocycles. The third-order valence-corrected chi connectivity index (χ3v) is 1.30. The topological polar surface area (TPSA) is 52.3 Å². The van der Waals surface area contributed by atoms with Crippen molar-refractivity contribution in [2.45, 2.75) is 25.8 Å². The largest absolute Gasteiger partial charge is 0.464 e. The predicted octanol–water partition coefficient (Wildman–Crippen LogP) is 0.896. The summed E-state index contributed by atoms with van der Waals surface area (Å²) in [5, 5.41) is 0. The summed E-state index contributed by atoms with van der Waals surface area (Å²) < 4.78 is 4.72. The Morgan fingerprint density at radius 3 is 2.82 bits per heavy atom. The van der Waals surface area contributed by atoms with Crippen molar-refractivity contribution in [3.8, 4) is 0 Å². The molecule has 0 aromatic carbocycles. The van der Waals surface area contributed by atoms with E-state index in [9.17, 15) is 4.79 Å². The molecule has 4 heteroatoms. The van der Waals surface area contributed by atoms with Gasteiger partial charge in [-0.2, -0.15) is 0 Å². The highest BCUT2D eigenvalue weighted by Crippen LogP contribution is 1.95. The summed E-state index contributed by atoms with van der Waals surface area (Å²) in [6.07, 6.45) is 1.05. The van der Waals surface area contributed by atoms with Gasteiger partial charge in [-0.1, -0.05) is 0 Å². The summed E-state index contributed by atoms with van der Waals surface area (Å²) in [7, 11) is 0. The quantitative estimate of drug-likeness (QED) is 0.504. The van der Waals surface area contributed by atoms with Gasteiger partial charge in [0, 0.05) is 12.5 Å². The zero-order valence-corrected chi connectivity index (χ0v) is 7.43. The van der Waals surface area contributed by atoms with Crippen molar-refractivity contribution in [1.29, 1.82) is 0 Å². The van der Waals surface area contributed by atoms with E-state index in [2.05, 4.69) is 0 Å². The van der Waals surface area contributed by atoms with Crippen LogP contribution < -0.4 is 5.73 Å². The molecule has 0 aromatic rings. The van der Waals surface area contributed by atoms with E-state index in [0.29, 0.717) is 25.3 Å². The maximum atomic E-state index is 10.8. The molecule has 3 nitrogen and oxygen atoms in total. The van der Waals surface area contributed by atoms with Crippen LogP contribution in [-0.4, -0.2) is 24.5 Å². The van der Waals surface area contributed by atoms with Crippen molar-refractivity contribution in [2.24, 2.45) is 5.73 Å². The SMILES string of the molecule is C[C@H](N)CCC(=O)OCCCl. The predicted molar refractivity (Wildman–Crippen MR) is 44.6 cm³/mol. The van der Waals surface area contributed by atoms with Gasteiger partial charge in [-0.15, -0.1) is 11.6 Å². The van der Waals surface area contributed by atoms with Crippen molar-refractivity contribution < 1.29 is 9.53 Å². The Labute approximate surface area is 71.8 Å². The lowest BCUT2D eigenvalue weighted by Gasteiger charge is -2.04. The highest BCUT2D eigenvalue weighted by molar-refractivity contribution is 6.18. The minimum Gasteiger partial charge on any atom is -0.464 e. The Hall–Kier alpha value is -0.280. The fraction of sp³-hybridized carbons (Fsp3) is 0.857. The standard InChI is InChI=1S/C7H14ClNO2/c1-6(9)2-3-7(10)11-5-4-8/h6H,2-5,9H2,1H3/t6-/m0/s1. The van der Waals surface area contributed by atoms with E-state index in [4.69, 9.17) is 22.1 Å². The normalized spacial score (nSPS) is 12.6. The van der Waals surface area contributed by atoms with Gasteiger partial charge in [0.2, 0.25) is 0 Å². The van der Waals surface area contributed by atoms with Crippen LogP contribution >= 0.6 is 11.6 Å². The first-order valence-corrected chi connectivity index (χ1v) is 4.17. The van der Waals surface area contributed by atoms with Crippen LogP contribution in [0.25, 0.3) is 0 Å². The number of esters is 1. The lowest BCUT2D eigenvalue weighted by Crippen LogP contribution is -2.17. The Kier molecular flexibility index (Phi) is 6.27. The third kappa shape index (κ3) is 7.62. The fourth-order valence-corrected chi connectivity index (χ4v) is 0.647. The van der Waals surface area contributed by atoms with Crippen LogP contribution in [0, 0.1) is 0 Å². The maximum absolute atomic E-state index is 10.8. The number of halogens is 1. The summed E-state index contributed by atoms with van der Waals surface area (Å²) in [4.78, 5) is 10.8. The molecule has 0 spiro atoms. The fourth-order valence-electron chi connectivity index (χ4n) is 0.570. The molecule has 11 heavy (non-hydrogen) atoms. The number of carbonyl (C=O) groups excluding carboxylic acids is 1. The number of alkyl halides is 1. The summed E-state index contributed by atoms with van der Waals surface area (Å²) >= 11 is 5.31.